The van der Waals surface area contributed by atoms with Crippen molar-refractivity contribution in [3.05, 3.63) is 75.6 Å². The standard InChI is InChI=1S/C23H17N5O3S4/c1-28-20(30)18(35-23(28)32)14(11-13-7-3-2-4-8-13)19(29)25-21-27-26-17(34-21)12-33-22-24-15-9-5-6-10-16(15)31-22/h2-10H,11-12H2,1H3,(H,25,27,29)/b18-14+. The summed E-state index contributed by atoms with van der Waals surface area (Å²) in [4.78, 5) is 32.1. The second kappa shape index (κ2) is 10.3. The van der Waals surface area contributed by atoms with Gasteiger partial charge in [-0.05, 0) is 17.7 Å². The number of thiocarbonyl (C=S) groups is 1. The summed E-state index contributed by atoms with van der Waals surface area (Å²) in [6.45, 7) is 0. The van der Waals surface area contributed by atoms with E-state index >= 15 is 0 Å². The van der Waals surface area contributed by atoms with E-state index in [0.717, 1.165) is 28.4 Å². The fourth-order valence-corrected chi connectivity index (χ4v) is 6.06. The Kier molecular flexibility index (Phi) is 6.95. The number of aromatic nitrogens is 3. The maximum atomic E-state index is 13.3. The lowest BCUT2D eigenvalue weighted by atomic mass is 10.0. The molecule has 2 amide bonds. The monoisotopic (exact) mass is 539 g/mol. The zero-order valence-electron chi connectivity index (χ0n) is 18.3. The normalized spacial score (nSPS) is 15.2. The van der Waals surface area contributed by atoms with E-state index in [1.165, 1.54) is 28.0 Å². The molecule has 0 saturated carbocycles. The first-order chi connectivity index (χ1) is 17.0. The van der Waals surface area contributed by atoms with Crippen molar-refractivity contribution < 1.29 is 14.0 Å². The first kappa shape index (κ1) is 23.7. The molecule has 1 saturated heterocycles. The minimum atomic E-state index is -0.405. The number of hydrogen-bond donors (Lipinski definition) is 1. The van der Waals surface area contributed by atoms with Crippen molar-refractivity contribution in [2.75, 3.05) is 12.4 Å². The summed E-state index contributed by atoms with van der Waals surface area (Å²) in [6.07, 6.45) is 0.288. The summed E-state index contributed by atoms with van der Waals surface area (Å²) < 4.78 is 6.13. The number of nitrogens with zero attached hydrogens (tertiary/aromatic N) is 4. The summed E-state index contributed by atoms with van der Waals surface area (Å²) >= 11 is 9.05. The van der Waals surface area contributed by atoms with Crippen LogP contribution in [-0.2, 0) is 21.8 Å². The fourth-order valence-electron chi connectivity index (χ4n) is 3.26. The van der Waals surface area contributed by atoms with Gasteiger partial charge in [0.25, 0.3) is 17.0 Å². The van der Waals surface area contributed by atoms with E-state index < -0.39 is 5.91 Å². The average Bonchev–Trinajstić information content (AvgIpc) is 3.56. The van der Waals surface area contributed by atoms with E-state index in [0.29, 0.717) is 35.9 Å². The Morgan fingerprint density at radius 2 is 1.91 bits per heavy atom. The molecule has 0 spiro atoms. The molecular weight excluding hydrogens is 523 g/mol. The predicted octanol–water partition coefficient (Wildman–Crippen LogP) is 4.90. The lowest BCUT2D eigenvalue weighted by Crippen LogP contribution is -2.25. The Bertz CT molecular complexity index is 1430. The number of para-hydroxylation sites is 2. The van der Waals surface area contributed by atoms with Crippen LogP contribution in [0, 0.1) is 0 Å². The maximum absolute atomic E-state index is 13.3. The smallest absolute Gasteiger partial charge is 0.266 e. The van der Waals surface area contributed by atoms with E-state index in [1.807, 2.05) is 54.6 Å². The highest BCUT2D eigenvalue weighted by molar-refractivity contribution is 8.26. The van der Waals surface area contributed by atoms with Gasteiger partial charge in [0.05, 0.1) is 10.7 Å². The number of oxazole rings is 1. The van der Waals surface area contributed by atoms with Crippen LogP contribution >= 0.6 is 47.1 Å². The molecule has 12 heteroatoms. The van der Waals surface area contributed by atoms with Crippen LogP contribution in [0.4, 0.5) is 5.13 Å². The molecule has 35 heavy (non-hydrogen) atoms. The van der Waals surface area contributed by atoms with Crippen molar-refractivity contribution in [3.8, 4) is 0 Å². The van der Waals surface area contributed by atoms with Gasteiger partial charge in [0.1, 0.15) is 14.8 Å². The molecule has 1 aliphatic heterocycles. The number of nitrogens with one attached hydrogen (secondary N) is 1. The Balaban J connectivity index is 1.31. The Hall–Kier alpha value is -3.06. The zero-order chi connectivity index (χ0) is 24.4. The highest BCUT2D eigenvalue weighted by Crippen LogP contribution is 2.34. The van der Waals surface area contributed by atoms with Crippen molar-refractivity contribution in [3.63, 3.8) is 0 Å². The van der Waals surface area contributed by atoms with Gasteiger partial charge in [0.15, 0.2) is 5.58 Å². The lowest BCUT2D eigenvalue weighted by Gasteiger charge is -2.10. The van der Waals surface area contributed by atoms with Gasteiger partial charge in [-0.2, -0.15) is 0 Å². The van der Waals surface area contributed by atoms with Crippen LogP contribution in [0.25, 0.3) is 11.1 Å². The van der Waals surface area contributed by atoms with Crippen molar-refractivity contribution in [2.24, 2.45) is 0 Å². The number of carbonyl (C=O) groups excluding carboxylic acids is 2. The molecule has 1 aliphatic rings. The van der Waals surface area contributed by atoms with Crippen LogP contribution < -0.4 is 5.32 Å². The van der Waals surface area contributed by atoms with Crippen molar-refractivity contribution in [2.45, 2.75) is 17.4 Å². The summed E-state index contributed by atoms with van der Waals surface area (Å²) in [5.74, 6) is -0.197. The van der Waals surface area contributed by atoms with Gasteiger partial charge in [0.2, 0.25) is 5.13 Å². The molecule has 0 bridgehead atoms. The predicted molar refractivity (Wildman–Crippen MR) is 142 cm³/mol. The fraction of sp³-hybridized carbons (Fsp3) is 0.130. The third-order valence-corrected chi connectivity index (χ3v) is 8.47. The van der Waals surface area contributed by atoms with Gasteiger partial charge in [-0.25, -0.2) is 4.98 Å². The van der Waals surface area contributed by atoms with Crippen molar-refractivity contribution in [1.29, 1.82) is 0 Å². The summed E-state index contributed by atoms with van der Waals surface area (Å²) in [5.41, 5.74) is 2.77. The van der Waals surface area contributed by atoms with Gasteiger partial charge in [-0.3, -0.25) is 19.8 Å². The maximum Gasteiger partial charge on any atom is 0.266 e. The number of rotatable bonds is 7. The van der Waals surface area contributed by atoms with Gasteiger partial charge in [-0.1, -0.05) is 89.5 Å². The van der Waals surface area contributed by atoms with Gasteiger partial charge >= 0.3 is 0 Å². The minimum Gasteiger partial charge on any atom is -0.431 e. The van der Waals surface area contributed by atoms with Gasteiger partial charge in [0, 0.05) is 19.0 Å². The highest BCUT2D eigenvalue weighted by atomic mass is 32.2. The zero-order valence-corrected chi connectivity index (χ0v) is 21.5. The molecular formula is C23H17N5O3S4. The summed E-state index contributed by atoms with van der Waals surface area (Å²) in [7, 11) is 1.61. The van der Waals surface area contributed by atoms with Gasteiger partial charge in [-0.15, -0.1) is 10.2 Å². The number of carbonyl (C=O) groups is 2. The molecule has 1 N–H and O–H groups in total. The van der Waals surface area contributed by atoms with Crippen LogP contribution in [0.2, 0.25) is 0 Å². The van der Waals surface area contributed by atoms with Crippen LogP contribution in [-0.4, -0.2) is 43.3 Å². The summed E-state index contributed by atoms with van der Waals surface area (Å²) in [5, 5.41) is 12.7. The molecule has 0 atom stereocenters. The molecule has 176 valence electrons. The first-order valence-electron chi connectivity index (χ1n) is 10.4. The number of fused-ring (bicyclic) bond motifs is 1. The number of likely N-dealkylation sites (N-methyl/N-ethyl adjacent to an activating group) is 1. The average molecular weight is 540 g/mol. The first-order valence-corrected chi connectivity index (χ1v) is 13.4. The van der Waals surface area contributed by atoms with Crippen molar-refractivity contribution in [1.82, 2.24) is 20.1 Å². The molecule has 1 fully saturated rings. The second-order valence-electron chi connectivity index (χ2n) is 7.39. The third-order valence-electron chi connectivity index (χ3n) is 5.01. The Morgan fingerprint density at radius 3 is 2.66 bits per heavy atom. The number of hydrogen-bond acceptors (Lipinski definition) is 10. The second-order valence-corrected chi connectivity index (χ2v) is 11.0. The van der Waals surface area contributed by atoms with E-state index in [4.69, 9.17) is 16.6 Å². The largest absolute Gasteiger partial charge is 0.431 e. The molecule has 5 rings (SSSR count). The Labute approximate surface area is 218 Å². The molecule has 4 aromatic rings. The SMILES string of the molecule is CN1C(=O)/C(=C(/Cc2ccccc2)C(=O)Nc2nnc(CSc3nc4ccccc4o3)s2)SC1=S. The van der Waals surface area contributed by atoms with E-state index in [-0.39, 0.29) is 12.3 Å². The topological polar surface area (TPSA) is 101 Å². The highest BCUT2D eigenvalue weighted by Gasteiger charge is 2.34. The molecule has 3 heterocycles. The van der Waals surface area contributed by atoms with Crippen LogP contribution in [0.15, 0.2) is 74.7 Å². The van der Waals surface area contributed by atoms with Gasteiger partial charge < -0.3 is 4.42 Å². The van der Waals surface area contributed by atoms with Crippen molar-refractivity contribution >= 4 is 79.4 Å². The lowest BCUT2D eigenvalue weighted by molar-refractivity contribution is -0.122. The Morgan fingerprint density at radius 1 is 1.14 bits per heavy atom. The molecule has 0 radical (unpaired) electrons. The van der Waals surface area contributed by atoms with Crippen LogP contribution in [0.1, 0.15) is 10.6 Å². The number of benzene rings is 2. The van der Waals surface area contributed by atoms with E-state index in [1.54, 1.807) is 7.05 Å². The van der Waals surface area contributed by atoms with Crippen LogP contribution in [0.5, 0.6) is 0 Å². The molecule has 0 unspecified atom stereocenters. The number of thioether (sulfide) groups is 2. The van der Waals surface area contributed by atoms with E-state index in [2.05, 4.69) is 20.5 Å². The molecule has 2 aromatic heterocycles. The van der Waals surface area contributed by atoms with Crippen LogP contribution in [0.3, 0.4) is 0 Å². The third kappa shape index (κ3) is 5.30. The molecule has 8 nitrogen and oxygen atoms in total. The summed E-state index contributed by atoms with van der Waals surface area (Å²) in [6, 6.07) is 17.1. The quantitative estimate of drug-likeness (QED) is 0.200. The number of anilines is 1. The molecule has 0 aliphatic carbocycles. The molecule has 2 aromatic carbocycles. The minimum absolute atomic E-state index is 0.284. The van der Waals surface area contributed by atoms with E-state index in [9.17, 15) is 9.59 Å². The number of amides is 2.